The SMILES string of the molecule is COC(=O)c1ccc([Si]2C[C@@H](c3ccccc3)CCN2Cc2c(OC)cc(C)c3c2ccn3C(=O)OC(C)(C)C)cc1. The summed E-state index contributed by atoms with van der Waals surface area (Å²) < 4.78 is 20.8. The highest BCUT2D eigenvalue weighted by Gasteiger charge is 2.34. The second-order valence-electron chi connectivity index (χ2n) is 11.8. The van der Waals surface area contributed by atoms with Crippen molar-refractivity contribution < 1.29 is 23.8 Å². The van der Waals surface area contributed by atoms with Crippen molar-refractivity contribution in [3.63, 3.8) is 0 Å². The van der Waals surface area contributed by atoms with Gasteiger partial charge < -0.3 is 18.8 Å². The fraction of sp³-hybridized carbons (Fsp3) is 0.353. The second kappa shape index (κ2) is 12.2. The van der Waals surface area contributed by atoms with Gasteiger partial charge in [-0.1, -0.05) is 42.5 Å². The normalized spacial score (nSPS) is 16.4. The van der Waals surface area contributed by atoms with Gasteiger partial charge in [0, 0.05) is 23.7 Å². The summed E-state index contributed by atoms with van der Waals surface area (Å²) in [6, 6.07) is 23.7. The molecule has 8 heteroatoms. The van der Waals surface area contributed by atoms with Crippen LogP contribution in [0.4, 0.5) is 4.79 Å². The number of benzene rings is 3. The first kappa shape index (κ1) is 29.6. The first-order chi connectivity index (χ1) is 20.1. The lowest BCUT2D eigenvalue weighted by Gasteiger charge is -2.39. The lowest BCUT2D eigenvalue weighted by molar-refractivity contribution is 0.0542. The van der Waals surface area contributed by atoms with E-state index >= 15 is 0 Å². The average molecular weight is 584 g/mol. The van der Waals surface area contributed by atoms with Crippen LogP contribution in [0.2, 0.25) is 6.04 Å². The fourth-order valence-corrected chi connectivity index (χ4v) is 8.94. The Kier molecular flexibility index (Phi) is 8.57. The minimum absolute atomic E-state index is 0.331. The molecule has 0 spiro atoms. The summed E-state index contributed by atoms with van der Waals surface area (Å²) in [6.45, 7) is 9.23. The van der Waals surface area contributed by atoms with Crippen LogP contribution in [0, 0.1) is 6.92 Å². The van der Waals surface area contributed by atoms with Crippen LogP contribution in [-0.2, 0) is 16.0 Å². The highest BCUT2D eigenvalue weighted by molar-refractivity contribution is 6.71. The van der Waals surface area contributed by atoms with E-state index in [1.165, 1.54) is 17.9 Å². The van der Waals surface area contributed by atoms with Crippen LogP contribution in [0.1, 0.15) is 60.2 Å². The molecule has 0 N–H and O–H groups in total. The quantitative estimate of drug-likeness (QED) is 0.193. The van der Waals surface area contributed by atoms with E-state index in [-0.39, 0.29) is 5.97 Å². The number of hydrogen-bond donors (Lipinski definition) is 0. The third-order valence-electron chi connectivity index (χ3n) is 7.87. The second-order valence-corrected chi connectivity index (χ2v) is 14.4. The third kappa shape index (κ3) is 6.15. The maximum atomic E-state index is 13.1. The molecule has 219 valence electrons. The molecular weight excluding hydrogens is 544 g/mol. The van der Waals surface area contributed by atoms with Crippen molar-refractivity contribution in [2.45, 2.75) is 58.2 Å². The standard InChI is InChI=1S/C34H39N2O5Si/c1-23-20-30(39-5)29(28-17-19-36(31(23)28)33(38)41-34(2,3)4)21-35-18-16-26(24-10-8-7-9-11-24)22-42(35)27-14-12-25(13-15-27)32(37)40-6/h7-15,17,19-20,26H,16,18,21-22H2,1-6H3/t26-/m0/s1. The van der Waals surface area contributed by atoms with E-state index in [4.69, 9.17) is 14.2 Å². The van der Waals surface area contributed by atoms with Crippen molar-refractivity contribution in [1.82, 2.24) is 9.13 Å². The van der Waals surface area contributed by atoms with Gasteiger partial charge in [-0.2, -0.15) is 0 Å². The fourth-order valence-electron chi connectivity index (χ4n) is 5.87. The van der Waals surface area contributed by atoms with E-state index in [1.54, 1.807) is 17.9 Å². The molecule has 1 fully saturated rings. The summed E-state index contributed by atoms with van der Waals surface area (Å²) in [5.41, 5.74) is 4.18. The lowest BCUT2D eigenvalue weighted by Crippen LogP contribution is -2.52. The van der Waals surface area contributed by atoms with Crippen LogP contribution in [0.3, 0.4) is 0 Å². The topological polar surface area (TPSA) is 70.0 Å². The van der Waals surface area contributed by atoms with E-state index in [9.17, 15) is 9.59 Å². The molecule has 0 bridgehead atoms. The number of carbonyl (C=O) groups excluding carboxylic acids is 2. The summed E-state index contributed by atoms with van der Waals surface area (Å²) >= 11 is 0. The number of carbonyl (C=O) groups is 2. The molecule has 1 saturated heterocycles. The van der Waals surface area contributed by atoms with Crippen LogP contribution >= 0.6 is 0 Å². The zero-order chi connectivity index (χ0) is 30.0. The number of nitrogens with zero attached hydrogens (tertiary/aromatic N) is 2. The van der Waals surface area contributed by atoms with Crippen LogP contribution in [0.25, 0.3) is 10.9 Å². The highest BCUT2D eigenvalue weighted by Crippen LogP contribution is 2.37. The molecule has 4 aromatic rings. The minimum atomic E-state index is -1.21. The molecule has 0 amide bonds. The Balaban J connectivity index is 1.53. The molecule has 7 nitrogen and oxygen atoms in total. The van der Waals surface area contributed by atoms with Gasteiger partial charge in [0.15, 0.2) is 8.96 Å². The summed E-state index contributed by atoms with van der Waals surface area (Å²) in [4.78, 5) is 25.2. The van der Waals surface area contributed by atoms with Gasteiger partial charge in [-0.15, -0.1) is 0 Å². The molecule has 1 radical (unpaired) electrons. The van der Waals surface area contributed by atoms with Crippen LogP contribution < -0.4 is 9.92 Å². The molecule has 1 aromatic heterocycles. The van der Waals surface area contributed by atoms with Gasteiger partial charge in [0.1, 0.15) is 11.4 Å². The number of aryl methyl sites for hydroxylation is 1. The smallest absolute Gasteiger partial charge is 0.419 e. The number of esters is 1. The maximum Gasteiger partial charge on any atom is 0.419 e. The Bertz CT molecular complexity index is 1570. The summed E-state index contributed by atoms with van der Waals surface area (Å²) in [5, 5.41) is 2.24. The molecule has 0 aliphatic carbocycles. The molecular formula is C34H39N2O5Si. The Morgan fingerprint density at radius 2 is 1.71 bits per heavy atom. The minimum Gasteiger partial charge on any atom is -0.496 e. The summed E-state index contributed by atoms with van der Waals surface area (Å²) in [6.07, 6.45) is 2.46. The molecule has 1 aliphatic heterocycles. The summed E-state index contributed by atoms with van der Waals surface area (Å²) in [5.74, 6) is 0.946. The van der Waals surface area contributed by atoms with Crippen LogP contribution in [-0.4, -0.2) is 56.5 Å². The van der Waals surface area contributed by atoms with Gasteiger partial charge in [0.2, 0.25) is 0 Å². The monoisotopic (exact) mass is 583 g/mol. The van der Waals surface area contributed by atoms with Gasteiger partial charge in [-0.05, 0) is 93.2 Å². The Morgan fingerprint density at radius 1 is 1.00 bits per heavy atom. The first-order valence-corrected chi connectivity index (χ1v) is 16.0. The zero-order valence-electron chi connectivity index (χ0n) is 25.3. The number of ether oxygens (including phenoxy) is 3. The average Bonchev–Trinajstić information content (AvgIpc) is 3.44. The number of rotatable bonds is 6. The number of methoxy groups -OCH3 is 2. The highest BCUT2D eigenvalue weighted by atomic mass is 28.3. The molecule has 0 unspecified atom stereocenters. The Hall–Kier alpha value is -3.88. The van der Waals surface area contributed by atoms with Crippen molar-refractivity contribution in [2.24, 2.45) is 0 Å². The Labute approximate surface area is 249 Å². The van der Waals surface area contributed by atoms with Gasteiger partial charge in [-0.3, -0.25) is 4.57 Å². The number of hydrogen-bond acceptors (Lipinski definition) is 6. The lowest BCUT2D eigenvalue weighted by atomic mass is 9.97. The van der Waals surface area contributed by atoms with Crippen molar-refractivity contribution in [3.05, 3.63) is 95.2 Å². The van der Waals surface area contributed by atoms with E-state index in [1.807, 2.05) is 52.0 Å². The van der Waals surface area contributed by atoms with Crippen LogP contribution in [0.15, 0.2) is 72.9 Å². The third-order valence-corrected chi connectivity index (χ3v) is 10.9. The molecule has 1 atom stereocenters. The van der Waals surface area contributed by atoms with Crippen molar-refractivity contribution >= 4 is 37.1 Å². The molecule has 5 rings (SSSR count). The van der Waals surface area contributed by atoms with Crippen LogP contribution in [0.5, 0.6) is 5.75 Å². The predicted molar refractivity (Wildman–Crippen MR) is 167 cm³/mol. The number of aromatic nitrogens is 1. The van der Waals surface area contributed by atoms with Crippen molar-refractivity contribution in [2.75, 3.05) is 20.8 Å². The van der Waals surface area contributed by atoms with Crippen molar-refractivity contribution in [1.29, 1.82) is 0 Å². The van der Waals surface area contributed by atoms with Gasteiger partial charge in [-0.25, -0.2) is 9.59 Å². The molecule has 42 heavy (non-hydrogen) atoms. The predicted octanol–water partition coefficient (Wildman–Crippen LogP) is 6.42. The molecule has 0 saturated carbocycles. The van der Waals surface area contributed by atoms with Gasteiger partial charge >= 0.3 is 12.1 Å². The molecule has 2 heterocycles. The van der Waals surface area contributed by atoms with E-state index in [0.29, 0.717) is 18.0 Å². The Morgan fingerprint density at radius 3 is 2.36 bits per heavy atom. The van der Waals surface area contributed by atoms with Gasteiger partial charge in [0.25, 0.3) is 0 Å². The summed E-state index contributed by atoms with van der Waals surface area (Å²) in [7, 11) is 1.89. The van der Waals surface area contributed by atoms with Gasteiger partial charge in [0.05, 0.1) is 25.3 Å². The van der Waals surface area contributed by atoms with E-state index in [2.05, 4.69) is 47.0 Å². The zero-order valence-corrected chi connectivity index (χ0v) is 26.3. The van der Waals surface area contributed by atoms with E-state index < -0.39 is 20.7 Å². The maximum absolute atomic E-state index is 13.1. The largest absolute Gasteiger partial charge is 0.496 e. The molecule has 3 aromatic carbocycles. The van der Waals surface area contributed by atoms with Crippen molar-refractivity contribution in [3.8, 4) is 5.75 Å². The molecule has 1 aliphatic rings. The van der Waals surface area contributed by atoms with E-state index in [0.717, 1.165) is 46.8 Å². The first-order valence-electron chi connectivity index (χ1n) is 14.3. The number of fused-ring (bicyclic) bond motifs is 1.